The van der Waals surface area contributed by atoms with Crippen molar-refractivity contribution in [3.8, 4) is 5.75 Å². The van der Waals surface area contributed by atoms with E-state index in [0.29, 0.717) is 13.2 Å². The van der Waals surface area contributed by atoms with E-state index < -0.39 is 0 Å². The third-order valence-corrected chi connectivity index (χ3v) is 4.13. The summed E-state index contributed by atoms with van der Waals surface area (Å²) in [6.45, 7) is 5.86. The second-order valence-electron chi connectivity index (χ2n) is 5.84. The highest BCUT2D eigenvalue weighted by Crippen LogP contribution is 2.17. The van der Waals surface area contributed by atoms with Gasteiger partial charge in [-0.3, -0.25) is 0 Å². The van der Waals surface area contributed by atoms with Gasteiger partial charge in [0, 0.05) is 13.0 Å². The molecule has 0 radical (unpaired) electrons. The average Bonchev–Trinajstić information content (AvgIpc) is 3.17. The van der Waals surface area contributed by atoms with Gasteiger partial charge in [0.2, 0.25) is 0 Å². The number of carbonyl (C=O) groups excluding carboxylic acids is 1. The van der Waals surface area contributed by atoms with Crippen LogP contribution in [0, 0.1) is 0 Å². The van der Waals surface area contributed by atoms with Crippen LogP contribution in [0.25, 0.3) is 0 Å². The molecular formula is C17H23N5O2. The van der Waals surface area contributed by atoms with E-state index in [2.05, 4.69) is 25.4 Å². The zero-order valence-corrected chi connectivity index (χ0v) is 14.1. The number of aromatic nitrogens is 3. The standard InChI is InChI=1S/C17H23N5O2/c1-3-24-14-8-6-13(7-9-14)12(2)19-17(23)18-11-16-21-20-15-5-4-10-22(15)16/h6-9,12H,3-5,10-11H2,1-2H3,(H2,18,19,23)/t12-/m0/s1. The van der Waals surface area contributed by atoms with E-state index in [1.807, 2.05) is 38.1 Å². The Labute approximate surface area is 141 Å². The number of hydrogen-bond donors (Lipinski definition) is 2. The molecular weight excluding hydrogens is 306 g/mol. The third kappa shape index (κ3) is 3.67. The van der Waals surface area contributed by atoms with Crippen molar-refractivity contribution in [3.05, 3.63) is 41.5 Å². The maximum Gasteiger partial charge on any atom is 0.315 e. The number of carbonyl (C=O) groups is 1. The Kier molecular flexibility index (Phi) is 4.98. The fourth-order valence-electron chi connectivity index (χ4n) is 2.85. The lowest BCUT2D eigenvalue weighted by Gasteiger charge is -2.15. The summed E-state index contributed by atoms with van der Waals surface area (Å²) >= 11 is 0. The molecule has 0 unspecified atom stereocenters. The minimum absolute atomic E-state index is 0.0928. The average molecular weight is 329 g/mol. The van der Waals surface area contributed by atoms with Crippen LogP contribution in [0.5, 0.6) is 5.75 Å². The molecule has 0 bridgehead atoms. The highest BCUT2D eigenvalue weighted by atomic mass is 16.5. The fourth-order valence-corrected chi connectivity index (χ4v) is 2.85. The molecule has 24 heavy (non-hydrogen) atoms. The molecule has 1 aromatic heterocycles. The lowest BCUT2D eigenvalue weighted by molar-refractivity contribution is 0.237. The predicted octanol–water partition coefficient (Wildman–Crippen LogP) is 2.18. The molecule has 1 atom stereocenters. The van der Waals surface area contributed by atoms with E-state index in [4.69, 9.17) is 4.74 Å². The number of rotatable bonds is 6. The first-order chi connectivity index (χ1) is 11.7. The quantitative estimate of drug-likeness (QED) is 0.851. The number of ether oxygens (including phenoxy) is 1. The highest BCUT2D eigenvalue weighted by Gasteiger charge is 2.17. The van der Waals surface area contributed by atoms with Gasteiger partial charge in [0.05, 0.1) is 19.2 Å². The third-order valence-electron chi connectivity index (χ3n) is 4.13. The molecule has 2 amide bonds. The fraction of sp³-hybridized carbons (Fsp3) is 0.471. The topological polar surface area (TPSA) is 81.1 Å². The number of nitrogens with zero attached hydrogens (tertiary/aromatic N) is 3. The first kappa shape index (κ1) is 16.3. The summed E-state index contributed by atoms with van der Waals surface area (Å²) in [5.41, 5.74) is 1.02. The minimum atomic E-state index is -0.216. The molecule has 7 heteroatoms. The summed E-state index contributed by atoms with van der Waals surface area (Å²) < 4.78 is 7.50. The molecule has 0 spiro atoms. The van der Waals surface area contributed by atoms with Crippen molar-refractivity contribution in [1.29, 1.82) is 0 Å². The molecule has 2 heterocycles. The number of benzene rings is 1. The number of urea groups is 1. The van der Waals surface area contributed by atoms with Gasteiger partial charge in [-0.2, -0.15) is 0 Å². The van der Waals surface area contributed by atoms with Crippen LogP contribution < -0.4 is 15.4 Å². The largest absolute Gasteiger partial charge is 0.494 e. The van der Waals surface area contributed by atoms with Gasteiger partial charge in [0.25, 0.3) is 0 Å². The van der Waals surface area contributed by atoms with Crippen LogP contribution in [0.15, 0.2) is 24.3 Å². The molecule has 0 aliphatic carbocycles. The van der Waals surface area contributed by atoms with E-state index in [1.54, 1.807) is 0 Å². The molecule has 1 aromatic carbocycles. The Morgan fingerprint density at radius 3 is 2.88 bits per heavy atom. The van der Waals surface area contributed by atoms with E-state index in [1.165, 1.54) is 0 Å². The Balaban J connectivity index is 1.50. The summed E-state index contributed by atoms with van der Waals surface area (Å²) in [6.07, 6.45) is 2.06. The Hall–Kier alpha value is -2.57. The number of fused-ring (bicyclic) bond motifs is 1. The number of aryl methyl sites for hydroxylation is 1. The van der Waals surface area contributed by atoms with Crippen LogP contribution in [0.4, 0.5) is 4.79 Å². The van der Waals surface area contributed by atoms with Crippen molar-refractivity contribution < 1.29 is 9.53 Å². The Morgan fingerprint density at radius 2 is 2.12 bits per heavy atom. The van der Waals surface area contributed by atoms with Crippen molar-refractivity contribution in [1.82, 2.24) is 25.4 Å². The van der Waals surface area contributed by atoms with Crippen LogP contribution in [0.1, 0.15) is 43.5 Å². The first-order valence-corrected chi connectivity index (χ1v) is 8.35. The molecule has 2 aromatic rings. The molecule has 3 rings (SSSR count). The van der Waals surface area contributed by atoms with Crippen LogP contribution in [0.3, 0.4) is 0 Å². The van der Waals surface area contributed by atoms with Crippen molar-refractivity contribution >= 4 is 6.03 Å². The highest BCUT2D eigenvalue weighted by molar-refractivity contribution is 5.74. The second-order valence-corrected chi connectivity index (χ2v) is 5.84. The zero-order valence-electron chi connectivity index (χ0n) is 14.1. The number of nitrogens with one attached hydrogen (secondary N) is 2. The van der Waals surface area contributed by atoms with Gasteiger partial charge in [0.15, 0.2) is 5.82 Å². The Morgan fingerprint density at radius 1 is 1.33 bits per heavy atom. The van der Waals surface area contributed by atoms with E-state index in [-0.39, 0.29) is 12.1 Å². The monoisotopic (exact) mass is 329 g/mol. The molecule has 0 fully saturated rings. The number of hydrogen-bond acceptors (Lipinski definition) is 4. The summed E-state index contributed by atoms with van der Waals surface area (Å²) in [6, 6.07) is 7.43. The molecule has 1 aliphatic rings. The van der Waals surface area contributed by atoms with Crippen LogP contribution in [0.2, 0.25) is 0 Å². The summed E-state index contributed by atoms with van der Waals surface area (Å²) in [7, 11) is 0. The Bertz CT molecular complexity index is 696. The van der Waals surface area contributed by atoms with Gasteiger partial charge in [-0.1, -0.05) is 12.1 Å². The summed E-state index contributed by atoms with van der Waals surface area (Å²) in [5, 5.41) is 14.0. The predicted molar refractivity (Wildman–Crippen MR) is 89.7 cm³/mol. The minimum Gasteiger partial charge on any atom is -0.494 e. The number of amides is 2. The van der Waals surface area contributed by atoms with Crippen molar-refractivity contribution in [2.75, 3.05) is 6.61 Å². The second kappa shape index (κ2) is 7.33. The SMILES string of the molecule is CCOc1ccc([C@H](C)NC(=O)NCc2nnc3n2CCC3)cc1. The van der Waals surface area contributed by atoms with Gasteiger partial charge in [-0.25, -0.2) is 4.79 Å². The van der Waals surface area contributed by atoms with Gasteiger partial charge >= 0.3 is 6.03 Å². The van der Waals surface area contributed by atoms with Crippen molar-refractivity contribution in [3.63, 3.8) is 0 Å². The lowest BCUT2D eigenvalue weighted by atomic mass is 10.1. The van der Waals surface area contributed by atoms with Crippen LogP contribution >= 0.6 is 0 Å². The molecule has 1 aliphatic heterocycles. The smallest absolute Gasteiger partial charge is 0.315 e. The van der Waals surface area contributed by atoms with E-state index in [0.717, 1.165) is 42.3 Å². The molecule has 128 valence electrons. The zero-order chi connectivity index (χ0) is 16.9. The van der Waals surface area contributed by atoms with Gasteiger partial charge in [0.1, 0.15) is 11.6 Å². The maximum absolute atomic E-state index is 12.1. The van der Waals surface area contributed by atoms with Gasteiger partial charge in [-0.05, 0) is 38.0 Å². The lowest BCUT2D eigenvalue weighted by Crippen LogP contribution is -2.37. The summed E-state index contributed by atoms with van der Waals surface area (Å²) in [5.74, 6) is 2.65. The van der Waals surface area contributed by atoms with Crippen LogP contribution in [-0.4, -0.2) is 27.4 Å². The first-order valence-electron chi connectivity index (χ1n) is 8.35. The normalized spacial score (nSPS) is 14.1. The maximum atomic E-state index is 12.1. The molecule has 0 saturated carbocycles. The van der Waals surface area contributed by atoms with Crippen LogP contribution in [-0.2, 0) is 19.5 Å². The van der Waals surface area contributed by atoms with E-state index >= 15 is 0 Å². The van der Waals surface area contributed by atoms with Gasteiger partial charge < -0.3 is 19.9 Å². The molecule has 7 nitrogen and oxygen atoms in total. The molecule has 2 N–H and O–H groups in total. The molecule has 0 saturated heterocycles. The summed E-state index contributed by atoms with van der Waals surface area (Å²) in [4.78, 5) is 12.1. The van der Waals surface area contributed by atoms with E-state index in [9.17, 15) is 4.79 Å². The van der Waals surface area contributed by atoms with Crippen molar-refractivity contribution in [2.45, 2.75) is 45.8 Å². The van der Waals surface area contributed by atoms with Gasteiger partial charge in [-0.15, -0.1) is 10.2 Å². The van der Waals surface area contributed by atoms with Crippen molar-refractivity contribution in [2.24, 2.45) is 0 Å².